The van der Waals surface area contributed by atoms with Crippen molar-refractivity contribution in [3.63, 3.8) is 0 Å². The highest BCUT2D eigenvalue weighted by Gasteiger charge is 2.56. The lowest BCUT2D eigenvalue weighted by Crippen LogP contribution is -2.40. The van der Waals surface area contributed by atoms with Crippen LogP contribution in [0.3, 0.4) is 0 Å². The smallest absolute Gasteiger partial charge is 0.240 e. The van der Waals surface area contributed by atoms with E-state index in [0.717, 1.165) is 18.6 Å². The van der Waals surface area contributed by atoms with Gasteiger partial charge < -0.3 is 10.6 Å². The van der Waals surface area contributed by atoms with Crippen LogP contribution in [0.1, 0.15) is 26.2 Å². The van der Waals surface area contributed by atoms with E-state index >= 15 is 0 Å². The first kappa shape index (κ1) is 14.4. The summed E-state index contributed by atoms with van der Waals surface area (Å²) in [6.07, 6.45) is 1.54. The Hall–Kier alpha value is -1.98. The summed E-state index contributed by atoms with van der Waals surface area (Å²) < 4.78 is 26.9. The minimum atomic E-state index is -1.18. The average molecular weight is 282 g/mol. The van der Waals surface area contributed by atoms with Gasteiger partial charge in [0, 0.05) is 6.54 Å². The molecule has 0 bridgehead atoms. The molecular formula is C14H16F2N2O2. The van der Waals surface area contributed by atoms with Crippen molar-refractivity contribution in [2.75, 3.05) is 11.9 Å². The lowest BCUT2D eigenvalue weighted by molar-refractivity contribution is -0.134. The number of hydrogen-bond acceptors (Lipinski definition) is 2. The molecule has 2 N–H and O–H groups in total. The van der Waals surface area contributed by atoms with Crippen LogP contribution in [0.5, 0.6) is 0 Å². The van der Waals surface area contributed by atoms with Crippen molar-refractivity contribution < 1.29 is 18.4 Å². The van der Waals surface area contributed by atoms with Crippen molar-refractivity contribution in [1.82, 2.24) is 5.32 Å². The van der Waals surface area contributed by atoms with E-state index in [2.05, 4.69) is 10.6 Å². The zero-order valence-electron chi connectivity index (χ0n) is 11.1. The van der Waals surface area contributed by atoms with E-state index in [1.54, 1.807) is 0 Å². The summed E-state index contributed by atoms with van der Waals surface area (Å²) in [6, 6.07) is 3.31. The van der Waals surface area contributed by atoms with Crippen LogP contribution in [0.2, 0.25) is 0 Å². The van der Waals surface area contributed by atoms with Gasteiger partial charge in [0.2, 0.25) is 11.8 Å². The fourth-order valence-electron chi connectivity index (χ4n) is 1.94. The highest BCUT2D eigenvalue weighted by molar-refractivity contribution is 6.13. The SMILES string of the molecule is CCCNC(=O)C1(C(=O)Nc2c(F)cccc2F)CC1. The molecule has 1 aliphatic carbocycles. The van der Waals surface area contributed by atoms with E-state index in [1.807, 2.05) is 6.92 Å². The zero-order valence-corrected chi connectivity index (χ0v) is 11.1. The Morgan fingerprint density at radius 2 is 1.80 bits per heavy atom. The van der Waals surface area contributed by atoms with Gasteiger partial charge in [0.15, 0.2) is 0 Å². The Bertz CT molecular complexity index is 522. The molecule has 4 nitrogen and oxygen atoms in total. The van der Waals surface area contributed by atoms with E-state index < -0.39 is 28.6 Å². The van der Waals surface area contributed by atoms with Gasteiger partial charge in [-0.25, -0.2) is 8.78 Å². The predicted molar refractivity (Wildman–Crippen MR) is 70.0 cm³/mol. The number of carbonyl (C=O) groups excluding carboxylic acids is 2. The Morgan fingerprint density at radius 3 is 2.30 bits per heavy atom. The highest BCUT2D eigenvalue weighted by atomic mass is 19.1. The van der Waals surface area contributed by atoms with Crippen molar-refractivity contribution in [1.29, 1.82) is 0 Å². The lowest BCUT2D eigenvalue weighted by atomic mass is 10.0. The van der Waals surface area contributed by atoms with Crippen LogP contribution in [-0.2, 0) is 9.59 Å². The summed E-state index contributed by atoms with van der Waals surface area (Å²) in [5.41, 5.74) is -1.68. The first-order chi connectivity index (χ1) is 9.51. The third kappa shape index (κ3) is 2.64. The summed E-state index contributed by atoms with van der Waals surface area (Å²) in [7, 11) is 0. The predicted octanol–water partition coefficient (Wildman–Crippen LogP) is 2.21. The van der Waals surface area contributed by atoms with Gasteiger partial charge in [0.1, 0.15) is 22.7 Å². The van der Waals surface area contributed by atoms with Crippen LogP contribution in [0.4, 0.5) is 14.5 Å². The molecular weight excluding hydrogens is 266 g/mol. The number of hydrogen-bond donors (Lipinski definition) is 2. The molecule has 1 aliphatic rings. The monoisotopic (exact) mass is 282 g/mol. The largest absolute Gasteiger partial charge is 0.355 e. The molecule has 0 heterocycles. The van der Waals surface area contributed by atoms with Crippen LogP contribution in [0.15, 0.2) is 18.2 Å². The van der Waals surface area contributed by atoms with Crippen molar-refractivity contribution in [2.45, 2.75) is 26.2 Å². The molecule has 1 aromatic carbocycles. The summed E-state index contributed by atoms with van der Waals surface area (Å²) >= 11 is 0. The molecule has 1 aromatic rings. The van der Waals surface area contributed by atoms with Gasteiger partial charge in [-0.1, -0.05) is 13.0 Å². The van der Waals surface area contributed by atoms with Gasteiger partial charge in [0.25, 0.3) is 0 Å². The summed E-state index contributed by atoms with van der Waals surface area (Å²) in [4.78, 5) is 24.0. The lowest BCUT2D eigenvalue weighted by Gasteiger charge is -2.15. The number of amides is 2. The van der Waals surface area contributed by atoms with Crippen molar-refractivity contribution in [3.8, 4) is 0 Å². The number of para-hydroxylation sites is 1. The molecule has 1 saturated carbocycles. The Kier molecular flexibility index (Phi) is 4.01. The first-order valence-corrected chi connectivity index (χ1v) is 6.55. The second-order valence-corrected chi connectivity index (χ2v) is 4.89. The Balaban J connectivity index is 2.10. The minimum Gasteiger partial charge on any atom is -0.355 e. The third-order valence-corrected chi connectivity index (χ3v) is 3.36. The summed E-state index contributed by atoms with van der Waals surface area (Å²) in [6.45, 7) is 2.37. The molecule has 2 rings (SSSR count). The molecule has 0 aliphatic heterocycles. The molecule has 0 radical (unpaired) electrons. The number of rotatable bonds is 5. The minimum absolute atomic E-state index is 0.381. The molecule has 0 saturated heterocycles. The van der Waals surface area contributed by atoms with Crippen molar-refractivity contribution in [3.05, 3.63) is 29.8 Å². The number of carbonyl (C=O) groups is 2. The quantitative estimate of drug-likeness (QED) is 0.813. The number of nitrogens with one attached hydrogen (secondary N) is 2. The molecule has 0 atom stereocenters. The molecule has 20 heavy (non-hydrogen) atoms. The fourth-order valence-corrected chi connectivity index (χ4v) is 1.94. The van der Waals surface area contributed by atoms with E-state index in [0.29, 0.717) is 19.4 Å². The fraction of sp³-hybridized carbons (Fsp3) is 0.429. The van der Waals surface area contributed by atoms with E-state index in [-0.39, 0.29) is 5.91 Å². The Labute approximate surface area is 115 Å². The number of halogens is 2. The maximum Gasteiger partial charge on any atom is 0.240 e. The maximum atomic E-state index is 13.5. The maximum absolute atomic E-state index is 13.5. The van der Waals surface area contributed by atoms with Crippen LogP contribution < -0.4 is 10.6 Å². The Morgan fingerprint density at radius 1 is 1.20 bits per heavy atom. The van der Waals surface area contributed by atoms with Gasteiger partial charge in [-0.3, -0.25) is 9.59 Å². The van der Waals surface area contributed by atoms with Crippen LogP contribution >= 0.6 is 0 Å². The van der Waals surface area contributed by atoms with Crippen molar-refractivity contribution >= 4 is 17.5 Å². The molecule has 6 heteroatoms. The van der Waals surface area contributed by atoms with Crippen LogP contribution in [0, 0.1) is 17.0 Å². The van der Waals surface area contributed by atoms with Crippen molar-refractivity contribution in [2.24, 2.45) is 5.41 Å². The van der Waals surface area contributed by atoms with Gasteiger partial charge >= 0.3 is 0 Å². The topological polar surface area (TPSA) is 58.2 Å². The molecule has 2 amide bonds. The third-order valence-electron chi connectivity index (χ3n) is 3.36. The number of anilines is 1. The van der Waals surface area contributed by atoms with E-state index in [4.69, 9.17) is 0 Å². The average Bonchev–Trinajstić information content (AvgIpc) is 3.21. The second-order valence-electron chi connectivity index (χ2n) is 4.89. The first-order valence-electron chi connectivity index (χ1n) is 6.55. The molecule has 1 fully saturated rings. The van der Waals surface area contributed by atoms with E-state index in [9.17, 15) is 18.4 Å². The normalized spacial score (nSPS) is 15.6. The van der Waals surface area contributed by atoms with Gasteiger partial charge in [-0.2, -0.15) is 0 Å². The molecule has 108 valence electrons. The van der Waals surface area contributed by atoms with Gasteiger partial charge in [-0.05, 0) is 31.4 Å². The molecule has 0 aromatic heterocycles. The molecule has 0 unspecified atom stereocenters. The van der Waals surface area contributed by atoms with Gasteiger partial charge in [0.05, 0.1) is 0 Å². The second kappa shape index (κ2) is 5.56. The highest BCUT2D eigenvalue weighted by Crippen LogP contribution is 2.47. The standard InChI is InChI=1S/C14H16F2N2O2/c1-2-8-17-12(19)14(6-7-14)13(20)18-11-9(15)4-3-5-10(11)16/h3-5H,2,6-8H2,1H3,(H,17,19)(H,18,20). The summed E-state index contributed by atoms with van der Waals surface area (Å²) in [5, 5.41) is 4.83. The van der Waals surface area contributed by atoms with Gasteiger partial charge in [-0.15, -0.1) is 0 Å². The summed E-state index contributed by atoms with van der Waals surface area (Å²) in [5.74, 6) is -2.75. The zero-order chi connectivity index (χ0) is 14.8. The molecule has 0 spiro atoms. The van der Waals surface area contributed by atoms with Crippen LogP contribution in [0.25, 0.3) is 0 Å². The van der Waals surface area contributed by atoms with Crippen LogP contribution in [-0.4, -0.2) is 18.4 Å². The number of benzene rings is 1. The van der Waals surface area contributed by atoms with E-state index in [1.165, 1.54) is 6.07 Å².